The number of hydrogen-bond donors (Lipinski definition) is 2. The van der Waals surface area contributed by atoms with E-state index in [0.717, 1.165) is 51.0 Å². The van der Waals surface area contributed by atoms with E-state index in [0.29, 0.717) is 12.6 Å². The van der Waals surface area contributed by atoms with Gasteiger partial charge in [-0.2, -0.15) is 0 Å². The van der Waals surface area contributed by atoms with Gasteiger partial charge in [0, 0.05) is 45.8 Å². The third-order valence-electron chi connectivity index (χ3n) is 4.36. The third-order valence-corrected chi connectivity index (χ3v) is 4.36. The van der Waals surface area contributed by atoms with Crippen LogP contribution in [0.1, 0.15) is 6.92 Å². The summed E-state index contributed by atoms with van der Waals surface area (Å²) in [5.74, 6) is 1.72. The lowest BCUT2D eigenvalue weighted by molar-refractivity contribution is 0.120. The zero-order chi connectivity index (χ0) is 17.2. The van der Waals surface area contributed by atoms with E-state index in [1.165, 1.54) is 0 Å². The Kier molecular flexibility index (Phi) is 7.85. The minimum Gasteiger partial charge on any atom is -0.492 e. The van der Waals surface area contributed by atoms with Gasteiger partial charge in [0.2, 0.25) is 0 Å². The minimum atomic E-state index is 0.498. The van der Waals surface area contributed by atoms with Gasteiger partial charge in [0.15, 0.2) is 5.96 Å². The fraction of sp³-hybridized carbons (Fsp3) is 0.611. The SMILES string of the molecule is CN=C(NCCOc1ccccc1)NCC(C)N1CCN(C)CC1. The maximum absolute atomic E-state index is 5.67. The molecule has 0 saturated carbocycles. The molecular formula is C18H31N5O. The van der Waals surface area contributed by atoms with E-state index in [1.54, 1.807) is 7.05 Å². The Morgan fingerprint density at radius 3 is 2.54 bits per heavy atom. The average Bonchev–Trinajstić information content (AvgIpc) is 2.62. The van der Waals surface area contributed by atoms with Crippen molar-refractivity contribution >= 4 is 5.96 Å². The van der Waals surface area contributed by atoms with Gasteiger partial charge in [-0.25, -0.2) is 0 Å². The monoisotopic (exact) mass is 333 g/mol. The highest BCUT2D eigenvalue weighted by atomic mass is 16.5. The van der Waals surface area contributed by atoms with Crippen molar-refractivity contribution in [2.24, 2.45) is 4.99 Å². The second kappa shape index (κ2) is 10.2. The number of benzene rings is 1. The lowest BCUT2D eigenvalue weighted by Gasteiger charge is -2.36. The Hall–Kier alpha value is -1.79. The fourth-order valence-electron chi connectivity index (χ4n) is 2.71. The Balaban J connectivity index is 1.61. The molecule has 1 unspecified atom stereocenters. The summed E-state index contributed by atoms with van der Waals surface area (Å²) < 4.78 is 5.67. The summed E-state index contributed by atoms with van der Waals surface area (Å²) in [6, 6.07) is 10.4. The van der Waals surface area contributed by atoms with Gasteiger partial charge in [-0.1, -0.05) is 18.2 Å². The lowest BCUT2D eigenvalue weighted by atomic mass is 10.2. The first-order valence-electron chi connectivity index (χ1n) is 8.74. The topological polar surface area (TPSA) is 52.1 Å². The number of para-hydroxylation sites is 1. The largest absolute Gasteiger partial charge is 0.492 e. The van der Waals surface area contributed by atoms with Crippen molar-refractivity contribution in [1.29, 1.82) is 0 Å². The normalized spacial score (nSPS) is 18.2. The molecule has 0 radical (unpaired) electrons. The van der Waals surface area contributed by atoms with Crippen LogP contribution in [0.15, 0.2) is 35.3 Å². The van der Waals surface area contributed by atoms with Crippen molar-refractivity contribution in [3.63, 3.8) is 0 Å². The second-order valence-corrected chi connectivity index (χ2v) is 6.23. The van der Waals surface area contributed by atoms with Gasteiger partial charge in [-0.05, 0) is 26.1 Å². The van der Waals surface area contributed by atoms with Crippen molar-refractivity contribution < 1.29 is 4.74 Å². The van der Waals surface area contributed by atoms with Crippen LogP contribution < -0.4 is 15.4 Å². The fourth-order valence-corrected chi connectivity index (χ4v) is 2.71. The van der Waals surface area contributed by atoms with Crippen LogP contribution in [-0.2, 0) is 0 Å². The van der Waals surface area contributed by atoms with Crippen LogP contribution in [0.3, 0.4) is 0 Å². The summed E-state index contributed by atoms with van der Waals surface area (Å²) in [5, 5.41) is 6.70. The molecule has 1 aliphatic heterocycles. The first-order chi connectivity index (χ1) is 11.7. The van der Waals surface area contributed by atoms with Gasteiger partial charge < -0.3 is 20.3 Å². The summed E-state index contributed by atoms with van der Waals surface area (Å²) in [4.78, 5) is 9.18. The van der Waals surface area contributed by atoms with Crippen molar-refractivity contribution in [1.82, 2.24) is 20.4 Å². The highest BCUT2D eigenvalue weighted by Gasteiger charge is 2.18. The van der Waals surface area contributed by atoms with E-state index in [2.05, 4.69) is 39.4 Å². The number of rotatable bonds is 7. The quantitative estimate of drug-likeness (QED) is 0.440. The molecule has 1 aromatic carbocycles. The first-order valence-corrected chi connectivity index (χ1v) is 8.74. The maximum atomic E-state index is 5.67. The predicted molar refractivity (Wildman–Crippen MR) is 99.8 cm³/mol. The summed E-state index contributed by atoms with van der Waals surface area (Å²) in [5.41, 5.74) is 0. The molecular weight excluding hydrogens is 302 g/mol. The number of piperazine rings is 1. The van der Waals surface area contributed by atoms with E-state index in [1.807, 2.05) is 30.3 Å². The molecule has 6 nitrogen and oxygen atoms in total. The third kappa shape index (κ3) is 6.37. The van der Waals surface area contributed by atoms with Crippen molar-refractivity contribution in [2.45, 2.75) is 13.0 Å². The molecule has 24 heavy (non-hydrogen) atoms. The number of aliphatic imine (C=N–C) groups is 1. The molecule has 1 fully saturated rings. The Bertz CT molecular complexity index is 485. The van der Waals surface area contributed by atoms with Crippen LogP contribution in [0.4, 0.5) is 0 Å². The molecule has 0 bridgehead atoms. The van der Waals surface area contributed by atoms with Crippen LogP contribution in [0, 0.1) is 0 Å². The molecule has 1 aromatic rings. The average molecular weight is 333 g/mol. The zero-order valence-electron chi connectivity index (χ0n) is 15.2. The maximum Gasteiger partial charge on any atom is 0.191 e. The molecule has 1 atom stereocenters. The molecule has 134 valence electrons. The number of guanidine groups is 1. The Labute approximate surface area is 145 Å². The van der Waals surface area contributed by atoms with Gasteiger partial charge in [-0.15, -0.1) is 0 Å². The van der Waals surface area contributed by atoms with Crippen LogP contribution in [0.5, 0.6) is 5.75 Å². The van der Waals surface area contributed by atoms with Crippen molar-refractivity contribution in [3.05, 3.63) is 30.3 Å². The summed E-state index contributed by atoms with van der Waals surface area (Å²) in [6.07, 6.45) is 0. The smallest absolute Gasteiger partial charge is 0.191 e. The molecule has 0 aliphatic carbocycles. The molecule has 6 heteroatoms. The molecule has 1 aliphatic rings. The van der Waals surface area contributed by atoms with Gasteiger partial charge in [-0.3, -0.25) is 9.89 Å². The molecule has 1 heterocycles. The number of nitrogens with zero attached hydrogens (tertiary/aromatic N) is 3. The van der Waals surface area contributed by atoms with E-state index in [9.17, 15) is 0 Å². The van der Waals surface area contributed by atoms with E-state index in [-0.39, 0.29) is 0 Å². The Morgan fingerprint density at radius 2 is 1.88 bits per heavy atom. The van der Waals surface area contributed by atoms with Crippen LogP contribution in [-0.4, -0.2) is 81.8 Å². The van der Waals surface area contributed by atoms with Crippen LogP contribution in [0.25, 0.3) is 0 Å². The molecule has 0 aromatic heterocycles. The van der Waals surface area contributed by atoms with E-state index in [4.69, 9.17) is 4.74 Å². The van der Waals surface area contributed by atoms with Crippen LogP contribution in [0.2, 0.25) is 0 Å². The molecule has 2 N–H and O–H groups in total. The molecule has 0 amide bonds. The highest BCUT2D eigenvalue weighted by molar-refractivity contribution is 5.79. The van der Waals surface area contributed by atoms with E-state index >= 15 is 0 Å². The molecule has 2 rings (SSSR count). The number of ether oxygens (including phenoxy) is 1. The standard InChI is InChI=1S/C18H31N5O/c1-16(23-12-10-22(3)11-13-23)15-21-18(19-2)20-9-14-24-17-7-5-4-6-8-17/h4-8,16H,9-15H2,1-3H3,(H2,19,20,21). The van der Waals surface area contributed by atoms with E-state index < -0.39 is 0 Å². The first kappa shape index (κ1) is 18.5. The lowest BCUT2D eigenvalue weighted by Crippen LogP contribution is -2.52. The zero-order valence-corrected chi connectivity index (χ0v) is 15.2. The summed E-state index contributed by atoms with van der Waals surface area (Å²) >= 11 is 0. The highest BCUT2D eigenvalue weighted by Crippen LogP contribution is 2.07. The second-order valence-electron chi connectivity index (χ2n) is 6.23. The summed E-state index contributed by atoms with van der Waals surface area (Å²) in [6.45, 7) is 9.05. The van der Waals surface area contributed by atoms with Crippen molar-refractivity contribution in [3.8, 4) is 5.75 Å². The van der Waals surface area contributed by atoms with Gasteiger partial charge in [0.25, 0.3) is 0 Å². The number of hydrogen-bond acceptors (Lipinski definition) is 4. The van der Waals surface area contributed by atoms with Gasteiger partial charge >= 0.3 is 0 Å². The predicted octanol–water partition coefficient (Wildman–Crippen LogP) is 0.866. The molecule has 0 spiro atoms. The van der Waals surface area contributed by atoms with Crippen molar-refractivity contribution in [2.75, 3.05) is 60.0 Å². The number of nitrogens with one attached hydrogen (secondary N) is 2. The van der Waals surface area contributed by atoms with Gasteiger partial charge in [0.05, 0.1) is 6.54 Å². The molecule has 1 saturated heterocycles. The van der Waals surface area contributed by atoms with Crippen LogP contribution >= 0.6 is 0 Å². The number of likely N-dealkylation sites (N-methyl/N-ethyl adjacent to an activating group) is 1. The minimum absolute atomic E-state index is 0.498. The Morgan fingerprint density at radius 1 is 1.17 bits per heavy atom. The van der Waals surface area contributed by atoms with Gasteiger partial charge in [0.1, 0.15) is 12.4 Å². The summed E-state index contributed by atoms with van der Waals surface area (Å²) in [7, 11) is 3.98.